The molecule has 1 heterocycles. The van der Waals surface area contributed by atoms with Gasteiger partial charge < -0.3 is 11.1 Å². The quantitative estimate of drug-likeness (QED) is 0.840. The van der Waals surface area contributed by atoms with Gasteiger partial charge in [-0.15, -0.1) is 0 Å². The van der Waals surface area contributed by atoms with E-state index in [1.165, 1.54) is 0 Å². The van der Waals surface area contributed by atoms with Crippen molar-refractivity contribution < 1.29 is 4.79 Å². The average Bonchev–Trinajstić information content (AvgIpc) is 2.49. The Morgan fingerprint density at radius 3 is 2.55 bits per heavy atom. The third kappa shape index (κ3) is 4.48. The molecule has 2 rings (SSSR count). The fourth-order valence-corrected chi connectivity index (χ4v) is 1.99. The molecule has 0 aliphatic heterocycles. The molecule has 0 saturated carbocycles. The summed E-state index contributed by atoms with van der Waals surface area (Å²) in [4.78, 5) is 15.8. The molecule has 0 radical (unpaired) electrons. The molecule has 20 heavy (non-hydrogen) atoms. The van der Waals surface area contributed by atoms with Gasteiger partial charge in [0.2, 0.25) is 5.91 Å². The number of hydrogen-bond acceptors (Lipinski definition) is 3. The molecular weight excluding hydrogens is 250 g/mol. The number of amides is 1. The average molecular weight is 269 g/mol. The molecule has 0 spiro atoms. The molecule has 0 aliphatic rings. The lowest BCUT2D eigenvalue weighted by atomic mass is 10.0. The minimum absolute atomic E-state index is 0.0181. The predicted octanol–water partition coefficient (Wildman–Crippen LogP) is 1.83. The van der Waals surface area contributed by atoms with Crippen molar-refractivity contribution in [2.75, 3.05) is 6.54 Å². The highest BCUT2D eigenvalue weighted by Crippen LogP contribution is 2.12. The smallest absolute Gasteiger partial charge is 0.221 e. The number of nitrogens with two attached hydrogens (primary N) is 1. The maximum atomic E-state index is 11.8. The molecule has 4 heteroatoms. The van der Waals surface area contributed by atoms with Crippen LogP contribution in [0.25, 0.3) is 0 Å². The lowest BCUT2D eigenvalue weighted by Gasteiger charge is -2.12. The maximum Gasteiger partial charge on any atom is 0.221 e. The first-order valence-electron chi connectivity index (χ1n) is 6.72. The van der Waals surface area contributed by atoms with E-state index in [0.717, 1.165) is 17.5 Å². The maximum absolute atomic E-state index is 11.8. The van der Waals surface area contributed by atoms with Gasteiger partial charge in [-0.2, -0.15) is 0 Å². The van der Waals surface area contributed by atoms with Crippen LogP contribution in [0.5, 0.6) is 0 Å². The summed E-state index contributed by atoms with van der Waals surface area (Å²) in [7, 11) is 0. The molecule has 0 aliphatic carbocycles. The fraction of sp³-hybridized carbons (Fsp3) is 0.250. The van der Waals surface area contributed by atoms with Crippen molar-refractivity contribution in [3.8, 4) is 0 Å². The number of nitrogens with one attached hydrogen (secondary N) is 1. The Morgan fingerprint density at radius 1 is 1.15 bits per heavy atom. The zero-order chi connectivity index (χ0) is 14.2. The largest absolute Gasteiger partial charge is 0.356 e. The van der Waals surface area contributed by atoms with Crippen LogP contribution in [0.15, 0.2) is 54.9 Å². The first-order chi connectivity index (χ1) is 9.75. The van der Waals surface area contributed by atoms with E-state index in [1.54, 1.807) is 12.4 Å². The van der Waals surface area contributed by atoms with E-state index in [-0.39, 0.29) is 11.9 Å². The lowest BCUT2D eigenvalue weighted by molar-refractivity contribution is -0.121. The first kappa shape index (κ1) is 14.2. The number of nitrogens with zero attached hydrogens (tertiary/aromatic N) is 1. The van der Waals surface area contributed by atoms with Crippen molar-refractivity contribution in [1.29, 1.82) is 0 Å². The van der Waals surface area contributed by atoms with E-state index in [1.807, 2.05) is 42.5 Å². The second-order valence-electron chi connectivity index (χ2n) is 4.68. The van der Waals surface area contributed by atoms with Gasteiger partial charge in [-0.05, 0) is 29.7 Å². The Balaban J connectivity index is 1.73. The van der Waals surface area contributed by atoms with E-state index in [2.05, 4.69) is 10.3 Å². The predicted molar refractivity (Wildman–Crippen MR) is 78.9 cm³/mol. The summed E-state index contributed by atoms with van der Waals surface area (Å²) in [5.74, 6) is -0.0181. The van der Waals surface area contributed by atoms with E-state index in [9.17, 15) is 4.79 Å². The van der Waals surface area contributed by atoms with E-state index >= 15 is 0 Å². The molecule has 0 fully saturated rings. The third-order valence-corrected chi connectivity index (χ3v) is 3.12. The van der Waals surface area contributed by atoms with Crippen LogP contribution in [-0.2, 0) is 11.2 Å². The Labute approximate surface area is 119 Å². The summed E-state index contributed by atoms with van der Waals surface area (Å²) in [6, 6.07) is 13.3. The van der Waals surface area contributed by atoms with Crippen molar-refractivity contribution >= 4 is 5.91 Å². The van der Waals surface area contributed by atoms with Gasteiger partial charge in [-0.25, -0.2) is 0 Å². The second-order valence-corrected chi connectivity index (χ2v) is 4.68. The van der Waals surface area contributed by atoms with Gasteiger partial charge in [0.25, 0.3) is 0 Å². The van der Waals surface area contributed by atoms with Gasteiger partial charge in [-0.1, -0.05) is 30.3 Å². The number of pyridine rings is 1. The molecule has 0 bridgehead atoms. The minimum Gasteiger partial charge on any atom is -0.356 e. The third-order valence-electron chi connectivity index (χ3n) is 3.12. The van der Waals surface area contributed by atoms with Crippen molar-refractivity contribution in [3.05, 3.63) is 66.0 Å². The van der Waals surface area contributed by atoms with Gasteiger partial charge >= 0.3 is 0 Å². The molecule has 104 valence electrons. The summed E-state index contributed by atoms with van der Waals surface area (Å²) < 4.78 is 0. The topological polar surface area (TPSA) is 68.0 Å². The zero-order valence-corrected chi connectivity index (χ0v) is 11.3. The Kier molecular flexibility index (Phi) is 5.26. The van der Waals surface area contributed by atoms with Crippen LogP contribution >= 0.6 is 0 Å². The van der Waals surface area contributed by atoms with Crippen molar-refractivity contribution in [2.24, 2.45) is 5.73 Å². The number of benzene rings is 1. The van der Waals surface area contributed by atoms with E-state index < -0.39 is 0 Å². The molecule has 1 aromatic carbocycles. The number of carbonyl (C=O) groups is 1. The van der Waals surface area contributed by atoms with Gasteiger partial charge in [-0.3, -0.25) is 9.78 Å². The molecule has 1 aromatic heterocycles. The lowest BCUT2D eigenvalue weighted by Crippen LogP contribution is -2.29. The van der Waals surface area contributed by atoms with Crippen molar-refractivity contribution in [2.45, 2.75) is 18.9 Å². The van der Waals surface area contributed by atoms with Crippen LogP contribution in [-0.4, -0.2) is 17.4 Å². The Morgan fingerprint density at radius 2 is 1.85 bits per heavy atom. The summed E-state index contributed by atoms with van der Waals surface area (Å²) >= 11 is 0. The normalized spacial score (nSPS) is 11.8. The van der Waals surface area contributed by atoms with Crippen LogP contribution < -0.4 is 11.1 Å². The van der Waals surface area contributed by atoms with Crippen LogP contribution in [0.3, 0.4) is 0 Å². The van der Waals surface area contributed by atoms with Gasteiger partial charge in [0.15, 0.2) is 0 Å². The zero-order valence-electron chi connectivity index (χ0n) is 11.3. The van der Waals surface area contributed by atoms with Crippen LogP contribution in [0.2, 0.25) is 0 Å². The van der Waals surface area contributed by atoms with Crippen molar-refractivity contribution in [1.82, 2.24) is 10.3 Å². The summed E-state index contributed by atoms with van der Waals surface area (Å²) in [6.07, 6.45) is 4.61. The summed E-state index contributed by atoms with van der Waals surface area (Å²) in [6.45, 7) is 0.615. The van der Waals surface area contributed by atoms with Crippen molar-refractivity contribution in [3.63, 3.8) is 0 Å². The van der Waals surface area contributed by atoms with Crippen LogP contribution in [0, 0.1) is 0 Å². The van der Waals surface area contributed by atoms with Crippen LogP contribution in [0.4, 0.5) is 0 Å². The molecule has 0 saturated heterocycles. The summed E-state index contributed by atoms with van der Waals surface area (Å²) in [5, 5.41) is 2.89. The Hall–Kier alpha value is -2.20. The fourth-order valence-electron chi connectivity index (χ4n) is 1.99. The summed E-state index contributed by atoms with van der Waals surface area (Å²) in [5.41, 5.74) is 8.15. The number of carbonyl (C=O) groups excluding carboxylic acids is 1. The first-order valence-corrected chi connectivity index (χ1v) is 6.72. The van der Waals surface area contributed by atoms with Crippen LogP contribution in [0.1, 0.15) is 23.6 Å². The number of aromatic nitrogens is 1. The number of rotatable bonds is 6. The molecule has 1 atom stereocenters. The van der Waals surface area contributed by atoms with Gasteiger partial charge in [0, 0.05) is 31.4 Å². The van der Waals surface area contributed by atoms with Gasteiger partial charge in [0.05, 0.1) is 0 Å². The molecule has 3 N–H and O–H groups in total. The highest BCUT2D eigenvalue weighted by atomic mass is 16.1. The molecule has 1 amide bonds. The number of hydrogen-bond donors (Lipinski definition) is 2. The van der Waals surface area contributed by atoms with E-state index in [0.29, 0.717) is 13.0 Å². The SMILES string of the molecule is NC(CC(=O)NCCc1ccncc1)c1ccccc1. The highest BCUT2D eigenvalue weighted by molar-refractivity contribution is 5.76. The monoisotopic (exact) mass is 269 g/mol. The molecular formula is C16H19N3O. The standard InChI is InChI=1S/C16H19N3O/c17-15(14-4-2-1-3-5-14)12-16(20)19-11-8-13-6-9-18-10-7-13/h1-7,9-10,15H,8,11-12,17H2,(H,19,20). The highest BCUT2D eigenvalue weighted by Gasteiger charge is 2.10. The van der Waals surface area contributed by atoms with E-state index in [4.69, 9.17) is 5.73 Å². The second kappa shape index (κ2) is 7.40. The molecule has 4 nitrogen and oxygen atoms in total. The minimum atomic E-state index is -0.253. The Bertz CT molecular complexity index is 528. The van der Waals surface area contributed by atoms with Gasteiger partial charge in [0.1, 0.15) is 0 Å². The molecule has 1 unspecified atom stereocenters. The molecule has 2 aromatic rings.